The van der Waals surface area contributed by atoms with Gasteiger partial charge in [-0.2, -0.15) is 13.2 Å². The first-order valence-electron chi connectivity index (χ1n) is 7.55. The highest BCUT2D eigenvalue weighted by atomic mass is 35.5. The highest BCUT2D eigenvalue weighted by molar-refractivity contribution is 6.31. The lowest BCUT2D eigenvalue weighted by atomic mass is 10.2. The summed E-state index contributed by atoms with van der Waals surface area (Å²) in [5, 5.41) is 4.73. The number of rotatable bonds is 5. The summed E-state index contributed by atoms with van der Waals surface area (Å²) in [6.45, 7) is 4.43. The van der Waals surface area contributed by atoms with Gasteiger partial charge >= 0.3 is 6.18 Å². The Morgan fingerprint density at radius 3 is 2.46 bits per heavy atom. The lowest BCUT2D eigenvalue weighted by molar-refractivity contribution is -0.137. The van der Waals surface area contributed by atoms with Gasteiger partial charge in [0.15, 0.2) is 0 Å². The van der Waals surface area contributed by atoms with Gasteiger partial charge in [-0.1, -0.05) is 25.4 Å². The number of benzene rings is 1. The summed E-state index contributed by atoms with van der Waals surface area (Å²) in [5.41, 5.74) is -1.01. The molecule has 1 aromatic carbocycles. The Kier molecular flexibility index (Phi) is 5.42. The van der Waals surface area contributed by atoms with Gasteiger partial charge in [0, 0.05) is 12.2 Å². The molecular formula is C16H18ClF3N2O2. The molecule has 1 aliphatic rings. The highest BCUT2D eigenvalue weighted by Crippen LogP contribution is 2.40. The van der Waals surface area contributed by atoms with Crippen LogP contribution < -0.4 is 10.6 Å². The monoisotopic (exact) mass is 362 g/mol. The van der Waals surface area contributed by atoms with E-state index < -0.39 is 34.5 Å². The fraction of sp³-hybridized carbons (Fsp3) is 0.500. The van der Waals surface area contributed by atoms with E-state index in [0.29, 0.717) is 18.9 Å². The van der Waals surface area contributed by atoms with Gasteiger partial charge in [0.1, 0.15) is 0 Å². The Labute approximate surface area is 142 Å². The van der Waals surface area contributed by atoms with Crippen molar-refractivity contribution in [2.45, 2.75) is 26.4 Å². The summed E-state index contributed by atoms with van der Waals surface area (Å²) >= 11 is 5.53. The molecule has 2 rings (SSSR count). The number of carbonyl (C=O) groups is 2. The molecule has 24 heavy (non-hydrogen) atoms. The maximum absolute atomic E-state index is 12.8. The number of nitrogens with one attached hydrogen (secondary N) is 2. The van der Waals surface area contributed by atoms with Gasteiger partial charge in [-0.15, -0.1) is 0 Å². The predicted octanol–water partition coefficient (Wildman–Crippen LogP) is 3.71. The third-order valence-corrected chi connectivity index (χ3v) is 4.02. The summed E-state index contributed by atoms with van der Waals surface area (Å²) in [4.78, 5) is 23.9. The Hall–Kier alpha value is -1.76. The van der Waals surface area contributed by atoms with E-state index >= 15 is 0 Å². The van der Waals surface area contributed by atoms with Crippen molar-refractivity contribution in [2.24, 2.45) is 17.8 Å². The first kappa shape index (κ1) is 18.6. The fourth-order valence-electron chi connectivity index (χ4n) is 2.27. The smallest absolute Gasteiger partial charge is 0.356 e. The van der Waals surface area contributed by atoms with Gasteiger partial charge in [-0.25, -0.2) is 0 Å². The standard InChI is InChI=1S/C16H18ClF3N2O2/c1-8(2)7-21-14(23)10-6-11(10)15(24)22-9-3-4-13(17)12(5-9)16(18,19)20/h3-5,8,10-11H,6-7H2,1-2H3,(H,21,23)(H,22,24). The van der Waals surface area contributed by atoms with Gasteiger partial charge in [-0.3, -0.25) is 9.59 Å². The summed E-state index contributed by atoms with van der Waals surface area (Å²) in [7, 11) is 0. The second-order valence-electron chi connectivity index (χ2n) is 6.27. The molecular weight excluding hydrogens is 345 g/mol. The Balaban J connectivity index is 1.96. The van der Waals surface area contributed by atoms with Crippen molar-refractivity contribution in [2.75, 3.05) is 11.9 Å². The summed E-state index contributed by atoms with van der Waals surface area (Å²) in [5.74, 6) is -1.29. The lowest BCUT2D eigenvalue weighted by Crippen LogP contribution is -2.30. The van der Waals surface area contributed by atoms with E-state index in [0.717, 1.165) is 12.1 Å². The topological polar surface area (TPSA) is 58.2 Å². The first-order valence-corrected chi connectivity index (χ1v) is 7.92. The fourth-order valence-corrected chi connectivity index (χ4v) is 2.49. The van der Waals surface area contributed by atoms with Gasteiger partial charge in [0.2, 0.25) is 11.8 Å². The zero-order valence-electron chi connectivity index (χ0n) is 13.2. The SMILES string of the molecule is CC(C)CNC(=O)C1CC1C(=O)Nc1ccc(Cl)c(C(F)(F)F)c1. The molecule has 8 heteroatoms. The molecule has 4 nitrogen and oxygen atoms in total. The molecule has 1 aliphatic carbocycles. The summed E-state index contributed by atoms with van der Waals surface area (Å²) in [6.07, 6.45) is -4.20. The molecule has 1 fully saturated rings. The maximum atomic E-state index is 12.8. The average molecular weight is 363 g/mol. The minimum absolute atomic E-state index is 0.00460. The van der Waals surface area contributed by atoms with Crippen LogP contribution in [0.5, 0.6) is 0 Å². The molecule has 0 radical (unpaired) electrons. The van der Waals surface area contributed by atoms with Crippen LogP contribution in [0.1, 0.15) is 25.8 Å². The summed E-state index contributed by atoms with van der Waals surface area (Å²) < 4.78 is 38.4. The molecule has 0 heterocycles. The first-order chi connectivity index (χ1) is 11.1. The minimum atomic E-state index is -4.60. The second-order valence-corrected chi connectivity index (χ2v) is 6.68. The van der Waals surface area contributed by atoms with Crippen molar-refractivity contribution in [3.8, 4) is 0 Å². The predicted molar refractivity (Wildman–Crippen MR) is 84.5 cm³/mol. The number of carbonyl (C=O) groups excluding carboxylic acids is 2. The number of anilines is 1. The van der Waals surface area contributed by atoms with E-state index in [2.05, 4.69) is 10.6 Å². The summed E-state index contributed by atoms with van der Waals surface area (Å²) in [6, 6.07) is 3.17. The van der Waals surface area contributed by atoms with Crippen LogP contribution >= 0.6 is 11.6 Å². The van der Waals surface area contributed by atoms with E-state index in [1.165, 1.54) is 6.07 Å². The third-order valence-electron chi connectivity index (χ3n) is 3.69. The van der Waals surface area contributed by atoms with E-state index in [1.807, 2.05) is 13.8 Å². The highest BCUT2D eigenvalue weighted by Gasteiger charge is 2.48. The molecule has 132 valence electrons. The Morgan fingerprint density at radius 2 is 1.88 bits per heavy atom. The Bertz CT molecular complexity index is 647. The molecule has 0 saturated heterocycles. The van der Waals surface area contributed by atoms with E-state index in [4.69, 9.17) is 11.6 Å². The molecule has 0 aliphatic heterocycles. The van der Waals surface area contributed by atoms with Crippen LogP contribution in [0.25, 0.3) is 0 Å². The number of alkyl halides is 3. The van der Waals surface area contributed by atoms with Crippen LogP contribution in [0.3, 0.4) is 0 Å². The number of amides is 2. The van der Waals surface area contributed by atoms with Gasteiger partial charge in [-0.05, 0) is 30.5 Å². The molecule has 1 aromatic rings. The van der Waals surface area contributed by atoms with Crippen LogP contribution in [-0.2, 0) is 15.8 Å². The van der Waals surface area contributed by atoms with Gasteiger partial charge in [0.25, 0.3) is 0 Å². The van der Waals surface area contributed by atoms with Crippen LogP contribution in [0.4, 0.5) is 18.9 Å². The molecule has 2 atom stereocenters. The third kappa shape index (κ3) is 4.63. The molecule has 2 amide bonds. The van der Waals surface area contributed by atoms with E-state index in [-0.39, 0.29) is 11.6 Å². The maximum Gasteiger partial charge on any atom is 0.417 e. The van der Waals surface area contributed by atoms with Gasteiger partial charge < -0.3 is 10.6 Å². The normalized spacial score (nSPS) is 20.0. The Morgan fingerprint density at radius 1 is 1.25 bits per heavy atom. The number of halogens is 4. The second kappa shape index (κ2) is 7.01. The van der Waals surface area contributed by atoms with Crippen molar-refractivity contribution >= 4 is 29.1 Å². The largest absolute Gasteiger partial charge is 0.417 e. The molecule has 0 spiro atoms. The zero-order chi connectivity index (χ0) is 18.1. The quantitative estimate of drug-likeness (QED) is 0.839. The molecule has 0 aromatic heterocycles. The molecule has 2 unspecified atom stereocenters. The molecule has 1 saturated carbocycles. The average Bonchev–Trinajstić information content (AvgIpc) is 3.26. The van der Waals surface area contributed by atoms with Crippen molar-refractivity contribution in [1.82, 2.24) is 5.32 Å². The lowest BCUT2D eigenvalue weighted by Gasteiger charge is -2.12. The van der Waals surface area contributed by atoms with Crippen LogP contribution in [0.15, 0.2) is 18.2 Å². The molecule has 2 N–H and O–H groups in total. The van der Waals surface area contributed by atoms with E-state index in [1.54, 1.807) is 0 Å². The van der Waals surface area contributed by atoms with Gasteiger partial charge in [0.05, 0.1) is 22.4 Å². The number of hydrogen-bond donors (Lipinski definition) is 2. The van der Waals surface area contributed by atoms with Crippen LogP contribution in [0, 0.1) is 17.8 Å². The zero-order valence-corrected chi connectivity index (χ0v) is 14.0. The molecule has 0 bridgehead atoms. The van der Waals surface area contributed by atoms with Crippen LogP contribution in [-0.4, -0.2) is 18.4 Å². The number of hydrogen-bond acceptors (Lipinski definition) is 2. The van der Waals surface area contributed by atoms with Crippen molar-refractivity contribution in [1.29, 1.82) is 0 Å². The van der Waals surface area contributed by atoms with Crippen molar-refractivity contribution in [3.63, 3.8) is 0 Å². The van der Waals surface area contributed by atoms with Crippen LogP contribution in [0.2, 0.25) is 5.02 Å². The van der Waals surface area contributed by atoms with Crippen molar-refractivity contribution in [3.05, 3.63) is 28.8 Å². The van der Waals surface area contributed by atoms with E-state index in [9.17, 15) is 22.8 Å². The van der Waals surface area contributed by atoms with Crippen molar-refractivity contribution < 1.29 is 22.8 Å². The minimum Gasteiger partial charge on any atom is -0.356 e.